The van der Waals surface area contributed by atoms with Crippen molar-refractivity contribution in [3.8, 4) is 22.3 Å². The van der Waals surface area contributed by atoms with Crippen molar-refractivity contribution in [3.05, 3.63) is 77.2 Å². The third-order valence-electron chi connectivity index (χ3n) is 5.96. The maximum Gasteiger partial charge on any atom is 0.490 e. The highest BCUT2D eigenvalue weighted by molar-refractivity contribution is 5.97. The average Bonchev–Trinajstić information content (AvgIpc) is 3.39. The molecule has 5 rings (SSSR count). The van der Waals surface area contributed by atoms with Gasteiger partial charge < -0.3 is 21.5 Å². The molecule has 7 nitrogen and oxygen atoms in total. The molecule has 2 aliphatic heterocycles. The zero-order valence-electron chi connectivity index (χ0n) is 19.3. The lowest BCUT2D eigenvalue weighted by Gasteiger charge is -2.18. The highest BCUT2D eigenvalue weighted by Crippen LogP contribution is 2.33. The van der Waals surface area contributed by atoms with Crippen LogP contribution in [0.2, 0.25) is 0 Å². The summed E-state index contributed by atoms with van der Waals surface area (Å²) in [5, 5.41) is 13.2. The SMILES string of the molecule is Nc1nc(F)c(-c2ccc(C3=CCNC3)cc2)cc1-c1ccc2c(c1)CCNC2=O.O=C(O)C(F)(F)F. The number of hydrogen-bond acceptors (Lipinski definition) is 5. The normalized spacial score (nSPS) is 14.7. The molecule has 0 aliphatic carbocycles. The topological polar surface area (TPSA) is 117 Å². The molecule has 0 fully saturated rings. The van der Waals surface area contributed by atoms with Gasteiger partial charge in [0, 0.05) is 36.3 Å². The number of hydrogen-bond donors (Lipinski definition) is 4. The van der Waals surface area contributed by atoms with Gasteiger partial charge in [-0.1, -0.05) is 42.5 Å². The Balaban J connectivity index is 0.000000405. The Kier molecular flexibility index (Phi) is 7.25. The summed E-state index contributed by atoms with van der Waals surface area (Å²) in [6.45, 7) is 2.33. The Bertz CT molecular complexity index is 1390. The van der Waals surface area contributed by atoms with Gasteiger partial charge in [-0.25, -0.2) is 9.78 Å². The number of nitrogens with one attached hydrogen (secondary N) is 2. The molecule has 0 atom stereocenters. The van der Waals surface area contributed by atoms with Crippen molar-refractivity contribution < 1.29 is 32.3 Å². The molecule has 2 aliphatic rings. The second-order valence-electron chi connectivity index (χ2n) is 8.38. The molecule has 1 amide bonds. The van der Waals surface area contributed by atoms with Crippen LogP contribution >= 0.6 is 0 Å². The van der Waals surface area contributed by atoms with Crippen LogP contribution < -0.4 is 16.4 Å². The number of benzene rings is 2. The Labute approximate surface area is 209 Å². The zero-order chi connectivity index (χ0) is 26.7. The van der Waals surface area contributed by atoms with E-state index < -0.39 is 18.1 Å². The average molecular weight is 514 g/mol. The lowest BCUT2D eigenvalue weighted by molar-refractivity contribution is -0.192. The number of carboxylic acids is 1. The van der Waals surface area contributed by atoms with Gasteiger partial charge in [-0.3, -0.25) is 4.79 Å². The van der Waals surface area contributed by atoms with E-state index in [1.807, 2.05) is 36.4 Å². The van der Waals surface area contributed by atoms with Gasteiger partial charge in [-0.15, -0.1) is 0 Å². The Morgan fingerprint density at radius 2 is 1.62 bits per heavy atom. The molecule has 11 heteroatoms. The molecule has 1 aromatic heterocycles. The van der Waals surface area contributed by atoms with Crippen molar-refractivity contribution in [3.63, 3.8) is 0 Å². The van der Waals surface area contributed by atoms with E-state index in [-0.39, 0.29) is 11.7 Å². The van der Waals surface area contributed by atoms with E-state index in [1.165, 1.54) is 5.57 Å². The van der Waals surface area contributed by atoms with Crippen molar-refractivity contribution in [1.29, 1.82) is 0 Å². The summed E-state index contributed by atoms with van der Waals surface area (Å²) in [6.07, 6.45) is -2.17. The first-order valence-corrected chi connectivity index (χ1v) is 11.2. The number of nitrogens with two attached hydrogens (primary N) is 1. The minimum Gasteiger partial charge on any atom is -0.475 e. The van der Waals surface area contributed by atoms with Crippen LogP contribution in [0.1, 0.15) is 21.5 Å². The van der Waals surface area contributed by atoms with Crippen LogP contribution in [0.4, 0.5) is 23.4 Å². The maximum atomic E-state index is 14.7. The third-order valence-corrected chi connectivity index (χ3v) is 5.96. The molecule has 0 spiro atoms. The van der Waals surface area contributed by atoms with Crippen molar-refractivity contribution in [2.45, 2.75) is 12.6 Å². The fourth-order valence-corrected chi connectivity index (χ4v) is 4.09. The van der Waals surface area contributed by atoms with Crippen LogP contribution in [-0.2, 0) is 11.2 Å². The van der Waals surface area contributed by atoms with Crippen molar-refractivity contribution in [1.82, 2.24) is 15.6 Å². The number of fused-ring (bicyclic) bond motifs is 1. The van der Waals surface area contributed by atoms with Gasteiger partial charge >= 0.3 is 12.1 Å². The minimum atomic E-state index is -5.08. The highest BCUT2D eigenvalue weighted by Gasteiger charge is 2.38. The van der Waals surface area contributed by atoms with E-state index in [2.05, 4.69) is 21.7 Å². The lowest BCUT2D eigenvalue weighted by Crippen LogP contribution is -2.31. The van der Waals surface area contributed by atoms with E-state index in [0.29, 0.717) is 23.2 Å². The first-order valence-electron chi connectivity index (χ1n) is 11.2. The fraction of sp³-hybridized carbons (Fsp3) is 0.192. The number of aromatic nitrogens is 1. The maximum absolute atomic E-state index is 14.7. The number of carboxylic acid groups (broad SMARTS) is 1. The first-order chi connectivity index (χ1) is 17.5. The Morgan fingerprint density at radius 3 is 2.24 bits per heavy atom. The number of pyridine rings is 1. The predicted octanol–water partition coefficient (Wildman–Crippen LogP) is 4.04. The van der Waals surface area contributed by atoms with E-state index in [4.69, 9.17) is 15.6 Å². The number of carbonyl (C=O) groups is 2. The Hall–Kier alpha value is -4.25. The number of aliphatic carboxylic acids is 1. The molecule has 0 unspecified atom stereocenters. The van der Waals surface area contributed by atoms with Crippen LogP contribution in [0.5, 0.6) is 0 Å². The second kappa shape index (κ2) is 10.4. The summed E-state index contributed by atoms with van der Waals surface area (Å²) in [7, 11) is 0. The van der Waals surface area contributed by atoms with E-state index in [0.717, 1.165) is 41.8 Å². The summed E-state index contributed by atoms with van der Waals surface area (Å²) in [4.78, 5) is 24.9. The van der Waals surface area contributed by atoms with Crippen molar-refractivity contribution in [2.24, 2.45) is 0 Å². The first kappa shape index (κ1) is 25.8. The molecule has 5 N–H and O–H groups in total. The summed E-state index contributed by atoms with van der Waals surface area (Å²) >= 11 is 0. The Morgan fingerprint density at radius 1 is 0.973 bits per heavy atom. The number of amides is 1. The number of nitrogens with zero attached hydrogens (tertiary/aromatic N) is 1. The lowest BCUT2D eigenvalue weighted by atomic mass is 9.93. The van der Waals surface area contributed by atoms with Gasteiger partial charge in [0.15, 0.2) is 0 Å². The van der Waals surface area contributed by atoms with Crippen LogP contribution in [0, 0.1) is 5.95 Å². The second-order valence-corrected chi connectivity index (χ2v) is 8.38. The molecular formula is C26H22F4N4O3. The quantitative estimate of drug-likeness (QED) is 0.310. The van der Waals surface area contributed by atoms with Gasteiger partial charge in [0.2, 0.25) is 5.95 Å². The molecule has 3 aromatic rings. The highest BCUT2D eigenvalue weighted by atomic mass is 19.4. The summed E-state index contributed by atoms with van der Waals surface area (Å²) in [5.41, 5.74) is 12.7. The summed E-state index contributed by atoms with van der Waals surface area (Å²) in [6, 6.07) is 15.1. The molecule has 0 bridgehead atoms. The number of rotatable bonds is 3. The van der Waals surface area contributed by atoms with Crippen LogP contribution in [0.3, 0.4) is 0 Å². The van der Waals surface area contributed by atoms with Gasteiger partial charge in [0.25, 0.3) is 5.91 Å². The molecule has 0 saturated carbocycles. The number of nitrogen functional groups attached to an aromatic ring is 1. The number of halogens is 4. The van der Waals surface area contributed by atoms with Gasteiger partial charge in [0.1, 0.15) is 5.82 Å². The fourth-order valence-electron chi connectivity index (χ4n) is 4.09. The molecule has 0 saturated heterocycles. The number of anilines is 1. The molecular weight excluding hydrogens is 492 g/mol. The van der Waals surface area contributed by atoms with Gasteiger partial charge in [0.05, 0.1) is 0 Å². The van der Waals surface area contributed by atoms with Crippen LogP contribution in [0.25, 0.3) is 27.8 Å². The van der Waals surface area contributed by atoms with E-state index in [1.54, 1.807) is 12.1 Å². The largest absolute Gasteiger partial charge is 0.490 e. The van der Waals surface area contributed by atoms with Crippen molar-refractivity contribution in [2.75, 3.05) is 25.4 Å². The number of carbonyl (C=O) groups excluding carboxylic acids is 1. The van der Waals surface area contributed by atoms with E-state index in [9.17, 15) is 22.4 Å². The van der Waals surface area contributed by atoms with Gasteiger partial charge in [-0.2, -0.15) is 17.6 Å². The van der Waals surface area contributed by atoms with E-state index >= 15 is 0 Å². The van der Waals surface area contributed by atoms with Crippen molar-refractivity contribution >= 4 is 23.3 Å². The zero-order valence-corrected chi connectivity index (χ0v) is 19.3. The minimum absolute atomic E-state index is 0.0682. The standard InChI is InChI=1S/C24H21FN4O.C2HF3O2/c25-22-20(15-3-1-14(2-4-15)18-7-9-27-13-18)12-21(23(26)29-22)16-5-6-19-17(11-16)8-10-28-24(19)30;3-2(4,5)1(6)7/h1-7,11-12,27H,8-10,13H2,(H2,26,29)(H,28,30);(H,6,7). The molecule has 3 heterocycles. The summed E-state index contributed by atoms with van der Waals surface area (Å²) < 4.78 is 46.4. The summed E-state index contributed by atoms with van der Waals surface area (Å²) in [5.74, 6) is -3.28. The predicted molar refractivity (Wildman–Crippen MR) is 130 cm³/mol. The van der Waals surface area contributed by atoms with Crippen LogP contribution in [-0.4, -0.2) is 47.8 Å². The van der Waals surface area contributed by atoms with Crippen LogP contribution in [0.15, 0.2) is 54.6 Å². The molecule has 192 valence electrons. The monoisotopic (exact) mass is 514 g/mol. The molecule has 0 radical (unpaired) electrons. The number of alkyl halides is 3. The molecule has 2 aromatic carbocycles. The molecule has 37 heavy (non-hydrogen) atoms. The third kappa shape index (κ3) is 5.78. The smallest absolute Gasteiger partial charge is 0.475 e. The van der Waals surface area contributed by atoms with Gasteiger partial charge in [-0.05, 0) is 46.4 Å².